The number of carbonyl (C=O) groups is 2. The molecule has 5 aromatic rings. The van der Waals surface area contributed by atoms with Gasteiger partial charge < -0.3 is 36.9 Å². The Kier molecular flexibility index (Phi) is 11.2. The molecule has 0 N–H and O–H groups in total. The molecule has 0 saturated carbocycles. The zero-order chi connectivity index (χ0) is 44.5. The number of ether oxygens (including phenoxy) is 2. The van der Waals surface area contributed by atoms with E-state index in [1.54, 1.807) is 92.8 Å². The number of benzene rings is 4. The van der Waals surface area contributed by atoms with E-state index in [4.69, 9.17) is 9.47 Å². The van der Waals surface area contributed by atoms with E-state index in [1.807, 2.05) is 121 Å². The number of anilines is 2. The molecule has 0 aliphatic carbocycles. The van der Waals surface area contributed by atoms with Gasteiger partial charge in [-0.05, 0) is 78.6 Å². The van der Waals surface area contributed by atoms with Crippen molar-refractivity contribution in [1.82, 2.24) is 4.48 Å². The molecule has 0 radical (unpaired) electrons. The zero-order valence-electron chi connectivity index (χ0n) is 35.9. The highest BCUT2D eigenvalue weighted by atomic mass is 19.2. The first-order valence-electron chi connectivity index (χ1n) is 21.3. The first-order chi connectivity index (χ1) is 31.1. The smallest absolute Gasteiger partial charge is 0.462 e. The number of nitrogens with zero attached hydrogens (tertiary/aromatic N) is 4. The van der Waals surface area contributed by atoms with Crippen molar-refractivity contribution in [3.05, 3.63) is 208 Å². The molecule has 0 unspecified atom stereocenters. The first-order valence-corrected chi connectivity index (χ1v) is 21.3. The second-order valence-electron chi connectivity index (χ2n) is 15.5. The minimum absolute atomic E-state index is 0.000228. The molecule has 0 spiro atoms. The number of esters is 2. The summed E-state index contributed by atoms with van der Waals surface area (Å²) in [4.78, 5) is 32.6. The van der Waals surface area contributed by atoms with Crippen LogP contribution in [0, 0.1) is 0 Å². The van der Waals surface area contributed by atoms with E-state index in [0.717, 1.165) is 42.9 Å². The van der Waals surface area contributed by atoms with Crippen molar-refractivity contribution in [1.29, 1.82) is 0 Å². The number of fused-ring (bicyclic) bond motifs is 4. The lowest BCUT2D eigenvalue weighted by Gasteiger charge is -2.31. The van der Waals surface area contributed by atoms with Gasteiger partial charge in [-0.2, -0.15) is 0 Å². The summed E-state index contributed by atoms with van der Waals surface area (Å²) in [6.45, 7) is -1.44. The van der Waals surface area contributed by atoms with E-state index in [9.17, 15) is 9.59 Å². The van der Waals surface area contributed by atoms with E-state index >= 15 is 8.63 Å². The van der Waals surface area contributed by atoms with Crippen LogP contribution >= 0.6 is 0 Å². The number of aromatic nitrogens is 1. The molecule has 4 aromatic carbocycles. The van der Waals surface area contributed by atoms with Crippen molar-refractivity contribution in [2.24, 2.45) is 0 Å². The second-order valence-corrected chi connectivity index (χ2v) is 15.5. The molecule has 8 nitrogen and oxygen atoms in total. The summed E-state index contributed by atoms with van der Waals surface area (Å²) >= 11 is 0. The number of carbonyl (C=O) groups excluding carboxylic acids is 2. The number of para-hydroxylation sites is 2. The topological polar surface area (TPSA) is 67.0 Å². The van der Waals surface area contributed by atoms with Crippen LogP contribution in [0.5, 0.6) is 0 Å². The summed E-state index contributed by atoms with van der Waals surface area (Å²) < 4.78 is 50.3. The molecule has 1 aromatic heterocycles. The van der Waals surface area contributed by atoms with Crippen molar-refractivity contribution in [2.45, 2.75) is 13.8 Å². The third kappa shape index (κ3) is 7.18. The number of halogens is 2. The minimum Gasteiger partial charge on any atom is -0.462 e. The third-order valence-corrected chi connectivity index (χ3v) is 11.8. The van der Waals surface area contributed by atoms with Crippen LogP contribution in [0.3, 0.4) is 0 Å². The number of rotatable bonds is 10. The van der Waals surface area contributed by atoms with E-state index < -0.39 is 18.9 Å². The summed E-state index contributed by atoms with van der Waals surface area (Å²) in [5, 5.41) is 0. The monoisotopic (exact) mass is 850 g/mol. The molecular weight excluding hydrogens is 805 g/mol. The van der Waals surface area contributed by atoms with Crippen molar-refractivity contribution in [3.8, 4) is 11.1 Å². The molecule has 11 heteroatoms. The van der Waals surface area contributed by atoms with Crippen LogP contribution in [0.15, 0.2) is 174 Å². The standard InChI is InChI=1S/C53H45BF2N4O4/c1-5-63-52(61)50-44(29-17-25-40-33-31-36-19-13-15-27-42(36)57(40)3)59-46(48(50)38-21-9-7-10-22-38)35-47-49(39-23-11-8-12-24-39)51(53(62)64-6-2)45(60(47)54(59,55)56)30-18-26-41-34-32-37-20-14-16-28-43(37)58(41)4/h7-35H,5-6H2,1-4H3/b29-17+,30-18+,40-25+,41-26+. The van der Waals surface area contributed by atoms with E-state index in [1.165, 1.54) is 0 Å². The third-order valence-electron chi connectivity index (χ3n) is 11.8. The van der Waals surface area contributed by atoms with Crippen LogP contribution < -0.4 is 9.80 Å². The number of likely N-dealkylation sites (N-methyl/N-ethyl adjacent to an activating group) is 2. The van der Waals surface area contributed by atoms with E-state index in [-0.39, 0.29) is 58.3 Å². The average molecular weight is 851 g/mol. The Labute approximate surface area is 371 Å². The summed E-state index contributed by atoms with van der Waals surface area (Å²) in [6.07, 6.45) is 19.7. The Morgan fingerprint density at radius 3 is 1.75 bits per heavy atom. The zero-order valence-corrected chi connectivity index (χ0v) is 35.9. The van der Waals surface area contributed by atoms with Gasteiger partial charge in [-0.3, -0.25) is 0 Å². The fourth-order valence-electron chi connectivity index (χ4n) is 8.92. The molecule has 0 bridgehead atoms. The summed E-state index contributed by atoms with van der Waals surface area (Å²) in [6, 6.07) is 34.0. The van der Waals surface area contributed by atoms with E-state index in [2.05, 4.69) is 0 Å². The molecule has 9 rings (SSSR count). The number of hydrogen-bond acceptors (Lipinski definition) is 6. The maximum atomic E-state index is 18.6. The molecule has 64 heavy (non-hydrogen) atoms. The lowest BCUT2D eigenvalue weighted by molar-refractivity contribution is -0.358. The molecule has 5 heterocycles. The van der Waals surface area contributed by atoms with Crippen LogP contribution in [0.1, 0.15) is 52.3 Å². The molecule has 4 aliphatic rings. The molecule has 318 valence electrons. The van der Waals surface area contributed by atoms with Gasteiger partial charge in [0.15, 0.2) is 11.4 Å². The second kappa shape index (κ2) is 17.2. The van der Waals surface area contributed by atoms with Gasteiger partial charge in [-0.25, -0.2) is 9.59 Å². The van der Waals surface area contributed by atoms with Gasteiger partial charge in [0, 0.05) is 66.0 Å². The fourth-order valence-corrected chi connectivity index (χ4v) is 8.92. The summed E-state index contributed by atoms with van der Waals surface area (Å²) in [5.41, 5.74) is 7.48. The van der Waals surface area contributed by atoms with Gasteiger partial charge in [0.1, 0.15) is 5.57 Å². The van der Waals surface area contributed by atoms with Gasteiger partial charge in [-0.15, -0.1) is 0 Å². The van der Waals surface area contributed by atoms with Crippen LogP contribution in [0.2, 0.25) is 0 Å². The van der Waals surface area contributed by atoms with Gasteiger partial charge in [0.25, 0.3) is 0 Å². The van der Waals surface area contributed by atoms with Crippen LogP contribution in [-0.4, -0.2) is 60.9 Å². The largest absolute Gasteiger partial charge is 0.737 e. The van der Waals surface area contributed by atoms with Crippen molar-refractivity contribution >= 4 is 65.9 Å². The predicted octanol–water partition coefficient (Wildman–Crippen LogP) is 11.1. The van der Waals surface area contributed by atoms with Gasteiger partial charge in [0.2, 0.25) is 0 Å². The van der Waals surface area contributed by atoms with Crippen molar-refractivity contribution < 1.29 is 32.2 Å². The van der Waals surface area contributed by atoms with Crippen LogP contribution in [-0.2, 0) is 14.3 Å². The first kappa shape index (κ1) is 41.6. The molecular formula is C53H45BF2N4O4. The van der Waals surface area contributed by atoms with Gasteiger partial charge in [0.05, 0.1) is 24.4 Å². The maximum Gasteiger partial charge on any atom is 0.737 e. The SMILES string of the molecule is CCOC(=O)C1=C(c2ccccc2)C2=Cc3c(-c4ccccc4)c(C(=O)OCC)c(/C=C/C=C4\C=Cc5ccccc5N4C)n3[B-](F)(F)[N+]2=C1/C=C/C=C1\C=Cc2ccccc2N1C. The molecule has 0 saturated heterocycles. The Hall–Kier alpha value is -7.79. The van der Waals surface area contributed by atoms with Gasteiger partial charge in [-0.1, -0.05) is 121 Å². The molecule has 0 atom stereocenters. The highest BCUT2D eigenvalue weighted by molar-refractivity contribution is 6.60. The summed E-state index contributed by atoms with van der Waals surface area (Å²) in [7, 11) is 3.88. The van der Waals surface area contributed by atoms with Crippen molar-refractivity contribution in [2.75, 3.05) is 37.1 Å². The highest BCUT2D eigenvalue weighted by Crippen LogP contribution is 2.47. The summed E-state index contributed by atoms with van der Waals surface area (Å²) in [5.74, 6) is -1.48. The molecule has 0 fully saturated rings. The van der Waals surface area contributed by atoms with E-state index in [0.29, 0.717) is 11.1 Å². The maximum absolute atomic E-state index is 18.6. The number of allylic oxidation sites excluding steroid dienone is 8. The Bertz CT molecular complexity index is 3010. The lowest BCUT2D eigenvalue weighted by Crippen LogP contribution is -2.51. The molecule has 4 aliphatic heterocycles. The van der Waals surface area contributed by atoms with Crippen LogP contribution in [0.25, 0.3) is 41.0 Å². The predicted molar refractivity (Wildman–Crippen MR) is 255 cm³/mol. The Morgan fingerprint density at radius 2 is 1.17 bits per heavy atom. The lowest BCUT2D eigenvalue weighted by atomic mass is 9.87. The molecule has 0 amide bonds. The Balaban J connectivity index is 1.30. The van der Waals surface area contributed by atoms with Crippen molar-refractivity contribution in [3.63, 3.8) is 0 Å². The average Bonchev–Trinajstić information content (AvgIpc) is 3.83. The minimum atomic E-state index is -4.88. The quantitative estimate of drug-likeness (QED) is 0.103. The highest BCUT2D eigenvalue weighted by Gasteiger charge is 2.58. The normalized spacial score (nSPS) is 17.3. The van der Waals surface area contributed by atoms with Crippen LogP contribution in [0.4, 0.5) is 20.0 Å². The Morgan fingerprint density at radius 1 is 0.656 bits per heavy atom. The van der Waals surface area contributed by atoms with Gasteiger partial charge >= 0.3 is 18.9 Å². The number of hydrogen-bond donors (Lipinski definition) is 0. The fraction of sp³-hybridized carbons (Fsp3) is 0.113.